The van der Waals surface area contributed by atoms with Crippen molar-refractivity contribution in [3.8, 4) is 0 Å². The van der Waals surface area contributed by atoms with Gasteiger partial charge in [-0.15, -0.1) is 11.3 Å². The van der Waals surface area contributed by atoms with E-state index in [2.05, 4.69) is 15.5 Å². The van der Waals surface area contributed by atoms with Crippen molar-refractivity contribution in [1.82, 2.24) is 4.98 Å². The number of amides is 1. The standard InChI is InChI=1S/C13H11N3O5S/c17-11(18)10(16-20)9-7-22-12(14-9)15-13(19)21-6-8-4-2-1-3-5-8/h1-5,7,20H,6H2,(H,17,18)(H,14,15,19)/b16-10-. The number of anilines is 1. The predicted octanol–water partition coefficient (Wildman–Crippen LogP) is 2.15. The van der Waals surface area contributed by atoms with Crippen LogP contribution < -0.4 is 5.32 Å². The molecule has 22 heavy (non-hydrogen) atoms. The minimum Gasteiger partial charge on any atom is -0.476 e. The largest absolute Gasteiger partial charge is 0.476 e. The first-order chi connectivity index (χ1) is 10.6. The lowest BCUT2D eigenvalue weighted by Gasteiger charge is -2.04. The van der Waals surface area contributed by atoms with Crippen molar-refractivity contribution in [1.29, 1.82) is 0 Å². The van der Waals surface area contributed by atoms with Gasteiger partial charge in [-0.05, 0) is 5.56 Å². The molecule has 0 fully saturated rings. The van der Waals surface area contributed by atoms with E-state index in [0.29, 0.717) is 0 Å². The molecule has 1 heterocycles. The summed E-state index contributed by atoms with van der Waals surface area (Å²) in [6, 6.07) is 9.12. The number of hydrogen-bond acceptors (Lipinski definition) is 7. The van der Waals surface area contributed by atoms with Crippen molar-refractivity contribution >= 4 is 34.2 Å². The van der Waals surface area contributed by atoms with Gasteiger partial charge in [-0.3, -0.25) is 5.32 Å². The molecule has 8 nitrogen and oxygen atoms in total. The fraction of sp³-hybridized carbons (Fsp3) is 0.0769. The van der Waals surface area contributed by atoms with Crippen molar-refractivity contribution in [2.24, 2.45) is 5.16 Å². The SMILES string of the molecule is O=C(Nc1nc(/C(=N/O)C(=O)O)cs1)OCc1ccccc1. The first-order valence-corrected chi connectivity index (χ1v) is 6.87. The first kappa shape index (κ1) is 15.4. The Morgan fingerprint density at radius 3 is 2.68 bits per heavy atom. The number of benzene rings is 1. The average molecular weight is 321 g/mol. The summed E-state index contributed by atoms with van der Waals surface area (Å²) < 4.78 is 5.00. The van der Waals surface area contributed by atoms with Crippen LogP contribution in [-0.4, -0.2) is 33.1 Å². The smallest absolute Gasteiger partial charge is 0.413 e. The van der Waals surface area contributed by atoms with E-state index in [9.17, 15) is 9.59 Å². The highest BCUT2D eigenvalue weighted by atomic mass is 32.1. The van der Waals surface area contributed by atoms with Crippen molar-refractivity contribution in [2.75, 3.05) is 5.32 Å². The van der Waals surface area contributed by atoms with Gasteiger partial charge in [0.2, 0.25) is 5.71 Å². The van der Waals surface area contributed by atoms with E-state index in [4.69, 9.17) is 15.1 Å². The van der Waals surface area contributed by atoms with Crippen LogP contribution in [0.2, 0.25) is 0 Å². The maximum Gasteiger partial charge on any atom is 0.413 e. The molecule has 0 aliphatic carbocycles. The van der Waals surface area contributed by atoms with Crippen molar-refractivity contribution in [3.63, 3.8) is 0 Å². The fourth-order valence-corrected chi connectivity index (χ4v) is 2.17. The molecule has 0 radical (unpaired) electrons. The Bertz CT molecular complexity index is 699. The summed E-state index contributed by atoms with van der Waals surface area (Å²) >= 11 is 0.982. The number of aliphatic carboxylic acids is 1. The summed E-state index contributed by atoms with van der Waals surface area (Å²) in [6.07, 6.45) is -0.720. The summed E-state index contributed by atoms with van der Waals surface area (Å²) in [5.74, 6) is -1.42. The zero-order valence-electron chi connectivity index (χ0n) is 11.1. The molecule has 1 amide bonds. The Labute approximate surface area is 128 Å². The lowest BCUT2D eigenvalue weighted by Crippen LogP contribution is -2.16. The Hall–Kier alpha value is -2.94. The number of oxime groups is 1. The maximum atomic E-state index is 11.6. The quantitative estimate of drug-likeness (QED) is 0.441. The van der Waals surface area contributed by atoms with Gasteiger partial charge in [-0.1, -0.05) is 35.5 Å². The molecule has 9 heteroatoms. The molecular formula is C13H11N3O5S. The zero-order valence-corrected chi connectivity index (χ0v) is 11.9. The van der Waals surface area contributed by atoms with Gasteiger partial charge in [0.25, 0.3) is 0 Å². The maximum absolute atomic E-state index is 11.6. The van der Waals surface area contributed by atoms with Crippen LogP contribution in [0, 0.1) is 0 Å². The van der Waals surface area contributed by atoms with Crippen molar-refractivity contribution in [3.05, 3.63) is 47.0 Å². The Kier molecular flexibility index (Phi) is 5.04. The lowest BCUT2D eigenvalue weighted by atomic mass is 10.2. The van der Waals surface area contributed by atoms with Crippen LogP contribution in [0.3, 0.4) is 0 Å². The van der Waals surface area contributed by atoms with E-state index in [1.54, 1.807) is 0 Å². The second-order valence-corrected chi connectivity index (χ2v) is 4.84. The molecule has 0 aliphatic rings. The minimum atomic E-state index is -1.42. The van der Waals surface area contributed by atoms with E-state index in [0.717, 1.165) is 16.9 Å². The molecule has 3 N–H and O–H groups in total. The van der Waals surface area contributed by atoms with Crippen LogP contribution in [0.1, 0.15) is 11.3 Å². The van der Waals surface area contributed by atoms with Gasteiger partial charge in [0.15, 0.2) is 5.13 Å². The van der Waals surface area contributed by atoms with Gasteiger partial charge in [0.1, 0.15) is 12.3 Å². The van der Waals surface area contributed by atoms with E-state index < -0.39 is 17.8 Å². The van der Waals surface area contributed by atoms with Crippen LogP contribution in [0.5, 0.6) is 0 Å². The lowest BCUT2D eigenvalue weighted by molar-refractivity contribution is -0.129. The zero-order chi connectivity index (χ0) is 15.9. The summed E-state index contributed by atoms with van der Waals surface area (Å²) in [4.78, 5) is 26.2. The van der Waals surface area contributed by atoms with E-state index in [-0.39, 0.29) is 17.4 Å². The van der Waals surface area contributed by atoms with Crippen LogP contribution in [0.25, 0.3) is 0 Å². The molecule has 0 bridgehead atoms. The molecule has 0 saturated heterocycles. The van der Waals surface area contributed by atoms with Gasteiger partial charge in [-0.25, -0.2) is 14.6 Å². The molecule has 2 aromatic rings. The summed E-state index contributed by atoms with van der Waals surface area (Å²) in [5, 5.41) is 23.9. The van der Waals surface area contributed by atoms with Gasteiger partial charge < -0.3 is 15.1 Å². The highest BCUT2D eigenvalue weighted by Gasteiger charge is 2.18. The summed E-state index contributed by atoms with van der Waals surface area (Å²) in [5.41, 5.74) is 0.165. The molecule has 0 unspecified atom stereocenters. The fourth-order valence-electron chi connectivity index (χ4n) is 1.49. The number of nitrogens with zero attached hydrogens (tertiary/aromatic N) is 2. The molecule has 0 atom stereocenters. The van der Waals surface area contributed by atoms with Crippen LogP contribution in [0.15, 0.2) is 40.9 Å². The summed E-state index contributed by atoms with van der Waals surface area (Å²) in [7, 11) is 0. The second kappa shape index (κ2) is 7.18. The number of rotatable bonds is 5. The molecular weight excluding hydrogens is 310 g/mol. The van der Waals surface area contributed by atoms with Crippen LogP contribution in [0.4, 0.5) is 9.93 Å². The molecule has 1 aromatic carbocycles. The van der Waals surface area contributed by atoms with E-state index >= 15 is 0 Å². The Morgan fingerprint density at radius 2 is 2.05 bits per heavy atom. The second-order valence-electron chi connectivity index (χ2n) is 3.98. The number of carboxylic acids is 1. The molecule has 0 saturated carbocycles. The number of aromatic nitrogens is 1. The number of carbonyl (C=O) groups excluding carboxylic acids is 1. The third kappa shape index (κ3) is 4.03. The van der Waals surface area contributed by atoms with Crippen molar-refractivity contribution < 1.29 is 24.6 Å². The number of hydrogen-bond donors (Lipinski definition) is 3. The highest BCUT2D eigenvalue weighted by Crippen LogP contribution is 2.16. The van der Waals surface area contributed by atoms with Gasteiger partial charge in [-0.2, -0.15) is 0 Å². The number of ether oxygens (including phenoxy) is 1. The van der Waals surface area contributed by atoms with Crippen LogP contribution in [-0.2, 0) is 16.1 Å². The Balaban J connectivity index is 1.92. The molecule has 0 aliphatic heterocycles. The average Bonchev–Trinajstić information content (AvgIpc) is 2.94. The molecule has 0 spiro atoms. The number of nitrogens with one attached hydrogen (secondary N) is 1. The molecule has 114 valence electrons. The van der Waals surface area contributed by atoms with Crippen LogP contribution >= 0.6 is 11.3 Å². The van der Waals surface area contributed by atoms with Gasteiger partial charge in [0.05, 0.1) is 0 Å². The number of carbonyl (C=O) groups is 2. The van der Waals surface area contributed by atoms with Crippen molar-refractivity contribution in [2.45, 2.75) is 6.61 Å². The normalized spacial score (nSPS) is 11.0. The predicted molar refractivity (Wildman–Crippen MR) is 78.3 cm³/mol. The third-order valence-electron chi connectivity index (χ3n) is 2.47. The molecule has 1 aromatic heterocycles. The monoisotopic (exact) mass is 321 g/mol. The van der Waals surface area contributed by atoms with E-state index in [1.807, 2.05) is 30.3 Å². The minimum absolute atomic E-state index is 0.0571. The number of carboxylic acid groups (broad SMARTS) is 1. The molecule has 2 rings (SSSR count). The topological polar surface area (TPSA) is 121 Å². The highest BCUT2D eigenvalue weighted by molar-refractivity contribution is 7.14. The van der Waals surface area contributed by atoms with Gasteiger partial charge in [0, 0.05) is 5.38 Å². The summed E-state index contributed by atoms with van der Waals surface area (Å²) in [6.45, 7) is 0.101. The third-order valence-corrected chi connectivity index (χ3v) is 3.23. The first-order valence-electron chi connectivity index (χ1n) is 5.99. The Morgan fingerprint density at radius 1 is 1.32 bits per heavy atom. The number of thiazole rings is 1. The van der Waals surface area contributed by atoms with E-state index in [1.165, 1.54) is 5.38 Å². The van der Waals surface area contributed by atoms with Gasteiger partial charge >= 0.3 is 12.1 Å².